The van der Waals surface area contributed by atoms with Crippen LogP contribution in [0, 0.1) is 5.82 Å². The molecule has 4 aliphatic rings. The van der Waals surface area contributed by atoms with Gasteiger partial charge in [0.05, 0.1) is 25.2 Å². The molecule has 1 saturated carbocycles. The molecule has 3 aliphatic heterocycles. The van der Waals surface area contributed by atoms with Crippen LogP contribution in [-0.4, -0.2) is 69.8 Å². The molecule has 5 nitrogen and oxygen atoms in total. The van der Waals surface area contributed by atoms with Gasteiger partial charge in [0.15, 0.2) is 5.69 Å². The minimum Gasteiger partial charge on any atom is -0.461 e. The van der Waals surface area contributed by atoms with Crippen molar-refractivity contribution in [1.82, 2.24) is 9.38 Å². The summed E-state index contributed by atoms with van der Waals surface area (Å²) < 4.78 is 21.0. The summed E-state index contributed by atoms with van der Waals surface area (Å²) in [5, 5.41) is 0. The molecule has 0 radical (unpaired) electrons. The fourth-order valence-electron chi connectivity index (χ4n) is 8.81. The maximum absolute atomic E-state index is 13.8. The number of carbonyl (C=O) groups excluding carboxylic acids is 1. The number of halogens is 1. The summed E-state index contributed by atoms with van der Waals surface area (Å²) in [6, 6.07) is 14.6. The molecule has 234 valence electrons. The van der Waals surface area contributed by atoms with Gasteiger partial charge in [-0.05, 0) is 56.0 Å². The summed E-state index contributed by atoms with van der Waals surface area (Å²) in [5.41, 5.74) is 5.51. The van der Waals surface area contributed by atoms with Gasteiger partial charge in [0.1, 0.15) is 24.5 Å². The van der Waals surface area contributed by atoms with E-state index in [1.165, 1.54) is 50.8 Å². The van der Waals surface area contributed by atoms with Crippen LogP contribution in [0.4, 0.5) is 15.8 Å². The summed E-state index contributed by atoms with van der Waals surface area (Å²) in [7, 11) is 4.71. The van der Waals surface area contributed by atoms with Crippen LogP contribution in [0.5, 0.6) is 0 Å². The van der Waals surface area contributed by atoms with Crippen molar-refractivity contribution in [1.29, 1.82) is 0 Å². The standard InChI is InChI=1S/C37H53FN3O2/c1-4-5-6-7-8-9-10-15-35(42)43-34-26-37(34,28-16-18-29(38)19-17-28)21-12-22-40-23-20-33-31(27-40)30-13-11-14-32-36(30)41(33,3)25-24-39(32)2/h11,13-14,16-19,31,33-34H,4-10,12,15,20-27H2,1-3H3/q+1/t31-,33-,34?,37+,41?/m0/s1. The van der Waals surface area contributed by atoms with Crippen molar-refractivity contribution < 1.29 is 13.9 Å². The van der Waals surface area contributed by atoms with Crippen LogP contribution < -0.4 is 9.38 Å². The number of quaternary nitrogens is 1. The van der Waals surface area contributed by atoms with Gasteiger partial charge in [0, 0.05) is 44.0 Å². The lowest BCUT2D eigenvalue weighted by Gasteiger charge is -2.46. The lowest BCUT2D eigenvalue weighted by Crippen LogP contribution is -2.60. The highest BCUT2D eigenvalue weighted by atomic mass is 19.1. The van der Waals surface area contributed by atoms with Crippen LogP contribution in [0.15, 0.2) is 42.5 Å². The zero-order chi connectivity index (χ0) is 30.0. The highest BCUT2D eigenvalue weighted by molar-refractivity contribution is 5.78. The topological polar surface area (TPSA) is 32.8 Å². The number of likely N-dealkylation sites (N-methyl/N-ethyl adjacent to an activating group) is 2. The molecule has 0 bridgehead atoms. The molecule has 1 saturated heterocycles. The van der Waals surface area contributed by atoms with Crippen LogP contribution in [0.3, 0.4) is 0 Å². The van der Waals surface area contributed by atoms with E-state index in [1.54, 1.807) is 23.4 Å². The number of piperidine rings is 1. The average Bonchev–Trinajstić information content (AvgIpc) is 3.64. The maximum Gasteiger partial charge on any atom is 0.306 e. The Balaban J connectivity index is 1.04. The van der Waals surface area contributed by atoms with Crippen molar-refractivity contribution in [3.05, 3.63) is 59.4 Å². The summed E-state index contributed by atoms with van der Waals surface area (Å²) in [6.45, 7) is 7.88. The second-order valence-corrected chi connectivity index (χ2v) is 14.2. The normalized spacial score (nSPS) is 29.3. The Morgan fingerprint density at radius 2 is 1.79 bits per heavy atom. The van der Waals surface area contributed by atoms with E-state index in [0.29, 0.717) is 18.4 Å². The van der Waals surface area contributed by atoms with Crippen molar-refractivity contribution in [2.45, 2.75) is 107 Å². The Kier molecular flexibility index (Phi) is 9.16. The number of benzene rings is 2. The Morgan fingerprint density at radius 3 is 2.58 bits per heavy atom. The number of esters is 1. The number of likely N-dealkylation sites (tertiary alicyclic amines) is 1. The zero-order valence-corrected chi connectivity index (χ0v) is 26.8. The minimum atomic E-state index is -0.213. The van der Waals surface area contributed by atoms with E-state index in [9.17, 15) is 9.18 Å². The number of ether oxygens (including phenoxy) is 1. The number of para-hydroxylation sites is 1. The van der Waals surface area contributed by atoms with Gasteiger partial charge in [-0.1, -0.05) is 69.7 Å². The molecule has 0 N–H and O–H groups in total. The predicted octanol–water partition coefficient (Wildman–Crippen LogP) is 7.56. The zero-order valence-electron chi connectivity index (χ0n) is 26.8. The lowest BCUT2D eigenvalue weighted by atomic mass is 9.87. The quantitative estimate of drug-likeness (QED) is 0.129. The molecular formula is C37H53FN3O2+. The van der Waals surface area contributed by atoms with Gasteiger partial charge in [-0.2, -0.15) is 0 Å². The first kappa shape index (κ1) is 30.6. The van der Waals surface area contributed by atoms with Crippen molar-refractivity contribution >= 4 is 17.3 Å². The number of carbonyl (C=O) groups is 1. The fourth-order valence-corrected chi connectivity index (χ4v) is 8.81. The second-order valence-electron chi connectivity index (χ2n) is 14.2. The third kappa shape index (κ3) is 6.11. The first-order chi connectivity index (χ1) is 20.9. The average molecular weight is 591 g/mol. The number of anilines is 1. The molecule has 0 amide bonds. The van der Waals surface area contributed by atoms with E-state index in [1.807, 2.05) is 12.1 Å². The number of hydrogen-bond donors (Lipinski definition) is 0. The lowest BCUT2D eigenvalue weighted by molar-refractivity contribution is -0.145. The van der Waals surface area contributed by atoms with Gasteiger partial charge in [-0.15, -0.1) is 0 Å². The Bertz CT molecular complexity index is 1270. The maximum atomic E-state index is 13.8. The monoisotopic (exact) mass is 590 g/mol. The van der Waals surface area contributed by atoms with Crippen molar-refractivity contribution in [2.75, 3.05) is 51.7 Å². The van der Waals surface area contributed by atoms with Crippen LogP contribution in [0.2, 0.25) is 0 Å². The number of nitrogens with zero attached hydrogens (tertiary/aromatic N) is 3. The second kappa shape index (κ2) is 12.9. The third-order valence-corrected chi connectivity index (χ3v) is 11.4. The summed E-state index contributed by atoms with van der Waals surface area (Å²) in [5.74, 6) is 0.316. The van der Waals surface area contributed by atoms with Crippen molar-refractivity contribution in [3.8, 4) is 0 Å². The molecule has 43 heavy (non-hydrogen) atoms. The number of fused-ring (bicyclic) bond motifs is 3. The van der Waals surface area contributed by atoms with Crippen LogP contribution in [-0.2, 0) is 14.9 Å². The molecule has 0 spiro atoms. The Hall–Kier alpha value is -2.44. The van der Waals surface area contributed by atoms with Gasteiger partial charge in [0.25, 0.3) is 0 Å². The molecule has 2 aromatic carbocycles. The molecule has 0 aromatic heterocycles. The van der Waals surface area contributed by atoms with Gasteiger partial charge < -0.3 is 14.5 Å². The molecule has 2 fully saturated rings. The van der Waals surface area contributed by atoms with E-state index < -0.39 is 0 Å². The first-order valence-electron chi connectivity index (χ1n) is 17.2. The molecule has 6 heteroatoms. The number of hydrogen-bond acceptors (Lipinski definition) is 4. The van der Waals surface area contributed by atoms with Gasteiger partial charge in [-0.25, -0.2) is 4.39 Å². The minimum absolute atomic E-state index is 0.0620. The van der Waals surface area contributed by atoms with Crippen LogP contribution in [0.1, 0.15) is 101 Å². The Morgan fingerprint density at radius 1 is 1.02 bits per heavy atom. The molecule has 2 unspecified atom stereocenters. The van der Waals surface area contributed by atoms with Crippen LogP contribution in [0.25, 0.3) is 0 Å². The molecule has 5 atom stereocenters. The molecule has 3 heterocycles. The van der Waals surface area contributed by atoms with E-state index in [-0.39, 0.29) is 23.3 Å². The first-order valence-corrected chi connectivity index (χ1v) is 17.2. The predicted molar refractivity (Wildman–Crippen MR) is 174 cm³/mol. The third-order valence-electron chi connectivity index (χ3n) is 11.4. The van der Waals surface area contributed by atoms with E-state index in [2.05, 4.69) is 49.0 Å². The number of rotatable bonds is 14. The molecular weight excluding hydrogens is 537 g/mol. The summed E-state index contributed by atoms with van der Waals surface area (Å²) in [6.07, 6.45) is 12.9. The Labute approximate surface area is 259 Å². The highest BCUT2D eigenvalue weighted by Gasteiger charge is 2.58. The summed E-state index contributed by atoms with van der Waals surface area (Å²) in [4.78, 5) is 17.9. The van der Waals surface area contributed by atoms with Gasteiger partial charge in [-0.3, -0.25) is 9.28 Å². The van der Waals surface area contributed by atoms with Crippen molar-refractivity contribution in [3.63, 3.8) is 0 Å². The molecule has 2 aromatic rings. The van der Waals surface area contributed by atoms with E-state index in [0.717, 1.165) is 68.3 Å². The summed E-state index contributed by atoms with van der Waals surface area (Å²) >= 11 is 0. The van der Waals surface area contributed by atoms with E-state index >= 15 is 0 Å². The number of unbranched alkanes of at least 4 members (excludes halogenated alkanes) is 6. The van der Waals surface area contributed by atoms with Gasteiger partial charge >= 0.3 is 5.97 Å². The smallest absolute Gasteiger partial charge is 0.306 e. The largest absolute Gasteiger partial charge is 0.461 e. The molecule has 6 rings (SSSR count). The molecule has 1 aliphatic carbocycles. The van der Waals surface area contributed by atoms with E-state index in [4.69, 9.17) is 4.74 Å². The fraction of sp³-hybridized carbons (Fsp3) is 0.649. The SMILES string of the molecule is CCCCCCCCCC(=O)OC1C[C@]1(CCCN1CC[C@H]2[C@@H](C1)c1cccc3c1[N+]2(C)CCN3C)c1ccc(F)cc1. The van der Waals surface area contributed by atoms with Crippen LogP contribution >= 0.6 is 0 Å². The van der Waals surface area contributed by atoms with Crippen molar-refractivity contribution in [2.24, 2.45) is 0 Å². The highest BCUT2D eigenvalue weighted by Crippen LogP contribution is 2.55. The van der Waals surface area contributed by atoms with Gasteiger partial charge in [0.2, 0.25) is 0 Å².